The Hall–Kier alpha value is -0.340. The highest BCUT2D eigenvalue weighted by Crippen LogP contribution is 2.34. The molecule has 16 heavy (non-hydrogen) atoms. The summed E-state index contributed by atoms with van der Waals surface area (Å²) in [5.74, 6) is 3.93. The fourth-order valence-corrected chi connectivity index (χ4v) is 3.27. The number of rotatable bonds is 0. The van der Waals surface area contributed by atoms with Crippen molar-refractivity contribution in [2.24, 2.45) is 0 Å². The summed E-state index contributed by atoms with van der Waals surface area (Å²) in [5, 5.41) is 0. The third kappa shape index (κ3) is 3.33. The molecule has 0 nitrogen and oxygen atoms in total. The van der Waals surface area contributed by atoms with E-state index in [0.29, 0.717) is 0 Å². The Morgan fingerprint density at radius 2 is 1.31 bits per heavy atom. The van der Waals surface area contributed by atoms with E-state index < -0.39 is 0 Å². The minimum Gasteiger partial charge on any atom is -0.152 e. The molecular weight excluding hydrogens is 232 g/mol. The number of hydrogen-bond donors (Lipinski definition) is 0. The molecule has 0 radical (unpaired) electrons. The summed E-state index contributed by atoms with van der Waals surface area (Å²) in [7, 11) is 1.59. The van der Waals surface area contributed by atoms with Crippen LogP contribution < -0.4 is 0 Å². The zero-order valence-corrected chi connectivity index (χ0v) is 12.9. The summed E-state index contributed by atoms with van der Waals surface area (Å²) in [6.45, 7) is 13.7. The molecule has 0 aliphatic rings. The lowest BCUT2D eigenvalue weighted by molar-refractivity contribution is 0.593. The van der Waals surface area contributed by atoms with Crippen LogP contribution in [0.15, 0.2) is 12.1 Å². The second-order valence-electron chi connectivity index (χ2n) is 6.22. The molecule has 1 aromatic heterocycles. The molecule has 1 rings (SSSR count). The first kappa shape index (κ1) is 13.7. The van der Waals surface area contributed by atoms with Crippen LogP contribution in [0.1, 0.15) is 51.3 Å². The monoisotopic (exact) mass is 255 g/mol. The standard InChI is InChI=1S/C14H22S2/c1-13(2,3)11-8-10(15-7)9-12(16-11)14(4,5)6/h8-9H,7H2,1-6H3/p+1. The predicted molar refractivity (Wildman–Crippen MR) is 81.1 cm³/mol. The Kier molecular flexibility index (Phi) is 3.86. The molecule has 0 unspecified atom stereocenters. The molecule has 0 fully saturated rings. The van der Waals surface area contributed by atoms with Gasteiger partial charge in [0.05, 0.1) is 0 Å². The summed E-state index contributed by atoms with van der Waals surface area (Å²) in [6, 6.07) is 4.60. The summed E-state index contributed by atoms with van der Waals surface area (Å²) in [5.41, 5.74) is 0.487. The van der Waals surface area contributed by atoms with Crippen LogP contribution in [0.3, 0.4) is 0 Å². The Morgan fingerprint density at radius 1 is 0.938 bits per heavy atom. The van der Waals surface area contributed by atoms with Gasteiger partial charge < -0.3 is 0 Å². The van der Waals surface area contributed by atoms with Crippen molar-refractivity contribution in [2.75, 3.05) is 0 Å². The van der Waals surface area contributed by atoms with E-state index in [4.69, 9.17) is 0 Å². The fourth-order valence-electron chi connectivity index (χ4n) is 1.36. The quantitative estimate of drug-likeness (QED) is 0.462. The zero-order valence-electron chi connectivity index (χ0n) is 11.2. The lowest BCUT2D eigenvalue weighted by Gasteiger charge is -2.17. The third-order valence-corrected chi connectivity index (χ3v) is 5.15. The zero-order chi connectivity index (χ0) is 12.6. The third-order valence-electron chi connectivity index (χ3n) is 2.50. The van der Waals surface area contributed by atoms with Gasteiger partial charge >= 0.3 is 0 Å². The van der Waals surface area contributed by atoms with E-state index in [0.717, 1.165) is 0 Å². The maximum absolute atomic E-state index is 3.93. The molecule has 0 spiro atoms. The molecule has 1 aromatic rings. The van der Waals surface area contributed by atoms with E-state index in [1.807, 2.05) is 0 Å². The van der Waals surface area contributed by atoms with Crippen LogP contribution in [0, 0.1) is 4.51 Å². The van der Waals surface area contributed by atoms with Gasteiger partial charge in [-0.05, 0) is 17.2 Å². The Labute approximate surface area is 107 Å². The second-order valence-corrected chi connectivity index (χ2v) is 8.16. The van der Waals surface area contributed by atoms with E-state index in [1.54, 1.807) is 10.9 Å². The average Bonchev–Trinajstić information content (AvgIpc) is 2.14. The van der Waals surface area contributed by atoms with Crippen LogP contribution >= 0.6 is 22.3 Å². The summed E-state index contributed by atoms with van der Waals surface area (Å²) >= 11 is 1.38. The molecule has 0 saturated carbocycles. The van der Waals surface area contributed by atoms with Crippen molar-refractivity contribution in [2.45, 2.75) is 52.4 Å². The Bertz CT molecular complexity index is 425. The van der Waals surface area contributed by atoms with Crippen molar-refractivity contribution in [1.29, 1.82) is 0 Å². The van der Waals surface area contributed by atoms with Crippen molar-refractivity contribution in [3.63, 3.8) is 0 Å². The molecular formula is C14H23S2+. The predicted octanol–water partition coefficient (Wildman–Crippen LogP) is 4.77. The van der Waals surface area contributed by atoms with Crippen molar-refractivity contribution >= 4 is 28.1 Å². The molecule has 0 aliphatic carbocycles. The molecule has 1 heterocycles. The Balaban J connectivity index is 3.52. The van der Waals surface area contributed by atoms with Gasteiger partial charge in [-0.2, -0.15) is 10.9 Å². The van der Waals surface area contributed by atoms with E-state index in [-0.39, 0.29) is 10.8 Å². The smallest absolute Gasteiger partial charge is 0.152 e. The van der Waals surface area contributed by atoms with Crippen LogP contribution in [0.25, 0.3) is 0 Å². The minimum atomic E-state index is 0.243. The van der Waals surface area contributed by atoms with Crippen LogP contribution in [-0.2, 0) is 10.8 Å². The topological polar surface area (TPSA) is 0 Å². The van der Waals surface area contributed by atoms with Gasteiger partial charge in [-0.1, -0.05) is 41.5 Å². The molecule has 0 saturated heterocycles. The highest BCUT2D eigenvalue weighted by atomic mass is 32.1. The molecule has 0 atom stereocenters. The minimum absolute atomic E-state index is 0.243. The van der Waals surface area contributed by atoms with E-state index in [9.17, 15) is 0 Å². The molecule has 0 amide bonds. The molecule has 0 aliphatic heterocycles. The first-order chi connectivity index (χ1) is 7.14. The second kappa shape index (κ2) is 4.50. The SMILES string of the molecule is C=S=c1cc(C(C)(C)C)[sH+]c(C(C)(C)C)c1. The van der Waals surface area contributed by atoms with E-state index in [2.05, 4.69) is 59.5 Å². The Morgan fingerprint density at radius 3 is 1.56 bits per heavy atom. The molecule has 90 valence electrons. The maximum atomic E-state index is 3.93. The first-order valence-electron chi connectivity index (χ1n) is 5.59. The van der Waals surface area contributed by atoms with Gasteiger partial charge in [-0.15, -0.1) is 0 Å². The van der Waals surface area contributed by atoms with Crippen molar-refractivity contribution in [3.8, 4) is 0 Å². The fraction of sp³-hybridized carbons (Fsp3) is 0.571. The van der Waals surface area contributed by atoms with Gasteiger partial charge in [0, 0.05) is 27.5 Å². The van der Waals surface area contributed by atoms with Gasteiger partial charge in [-0.3, -0.25) is 0 Å². The van der Waals surface area contributed by atoms with Gasteiger partial charge in [0.1, 0.15) is 0 Å². The first-order valence-corrected chi connectivity index (χ1v) is 7.47. The molecule has 0 aromatic carbocycles. The van der Waals surface area contributed by atoms with Crippen molar-refractivity contribution in [1.82, 2.24) is 0 Å². The summed E-state index contributed by atoms with van der Waals surface area (Å²) in [6.07, 6.45) is 0. The number of hydrogen-bond acceptors (Lipinski definition) is 0. The molecule has 2 heteroatoms. The summed E-state index contributed by atoms with van der Waals surface area (Å²) in [4.78, 5) is 2.98. The van der Waals surface area contributed by atoms with Crippen LogP contribution in [0.2, 0.25) is 0 Å². The van der Waals surface area contributed by atoms with Gasteiger partial charge in [0.2, 0.25) is 0 Å². The van der Waals surface area contributed by atoms with Crippen LogP contribution in [-0.4, -0.2) is 5.87 Å². The lowest BCUT2D eigenvalue weighted by atomic mass is 9.93. The van der Waals surface area contributed by atoms with Crippen LogP contribution in [0.4, 0.5) is 0 Å². The van der Waals surface area contributed by atoms with Crippen molar-refractivity contribution in [3.05, 3.63) is 26.4 Å². The van der Waals surface area contributed by atoms with Gasteiger partial charge in [0.25, 0.3) is 0 Å². The van der Waals surface area contributed by atoms with Crippen molar-refractivity contribution < 1.29 is 0 Å². The molecule has 0 N–H and O–H groups in total. The van der Waals surface area contributed by atoms with E-state index in [1.165, 1.54) is 25.6 Å². The van der Waals surface area contributed by atoms with Crippen LogP contribution in [0.5, 0.6) is 0 Å². The normalized spacial score (nSPS) is 12.6. The van der Waals surface area contributed by atoms with Gasteiger partial charge in [-0.25, -0.2) is 0 Å². The molecule has 0 bridgehead atoms. The maximum Gasteiger partial charge on any atom is 0.154 e. The highest BCUT2D eigenvalue weighted by molar-refractivity contribution is 7.88. The van der Waals surface area contributed by atoms with Gasteiger partial charge in [0.15, 0.2) is 9.75 Å². The lowest BCUT2D eigenvalue weighted by Crippen LogP contribution is -2.13. The van der Waals surface area contributed by atoms with E-state index >= 15 is 0 Å². The average molecular weight is 255 g/mol. The largest absolute Gasteiger partial charge is 0.154 e. The summed E-state index contributed by atoms with van der Waals surface area (Å²) < 4.78 is 1.29. The highest BCUT2D eigenvalue weighted by Gasteiger charge is 2.26.